The first-order valence-corrected chi connectivity index (χ1v) is 16.4. The van der Waals surface area contributed by atoms with Gasteiger partial charge in [-0.2, -0.15) is 13.2 Å². The Hall–Kier alpha value is -4.46. The monoisotopic (exact) mass is 669 g/mol. The molecule has 8 nitrogen and oxygen atoms in total. The first kappa shape index (κ1) is 39.7. The van der Waals surface area contributed by atoms with Crippen LogP contribution in [-0.4, -0.2) is 72.3 Å². The van der Waals surface area contributed by atoms with Gasteiger partial charge in [0.15, 0.2) is 0 Å². The minimum absolute atomic E-state index is 0.0585. The Kier molecular flexibility index (Phi) is 15.0. The highest BCUT2D eigenvalue weighted by Crippen LogP contribution is 2.44. The van der Waals surface area contributed by atoms with Crippen LogP contribution in [0.4, 0.5) is 18.9 Å². The number of halogens is 3. The second-order valence-corrected chi connectivity index (χ2v) is 12.0. The summed E-state index contributed by atoms with van der Waals surface area (Å²) in [5.41, 5.74) is 8.24. The number of hydrogen-bond acceptors (Lipinski definition) is 6. The number of anilines is 1. The lowest BCUT2D eigenvalue weighted by Gasteiger charge is -2.42. The van der Waals surface area contributed by atoms with Crippen molar-refractivity contribution in [3.8, 4) is 18.6 Å². The van der Waals surface area contributed by atoms with Gasteiger partial charge >= 0.3 is 6.18 Å². The van der Waals surface area contributed by atoms with Crippen molar-refractivity contribution in [2.24, 2.45) is 10.7 Å². The molecule has 1 aliphatic carbocycles. The molecule has 2 fully saturated rings. The fourth-order valence-electron chi connectivity index (χ4n) is 6.05. The first-order valence-electron chi connectivity index (χ1n) is 16.4. The molecule has 2 aliphatic heterocycles. The Balaban J connectivity index is 0.00000151. The van der Waals surface area contributed by atoms with Gasteiger partial charge in [-0.1, -0.05) is 46.3 Å². The molecule has 1 saturated heterocycles. The molecule has 11 heteroatoms. The number of likely N-dealkylation sites (tertiary alicyclic amines) is 1. The van der Waals surface area contributed by atoms with E-state index in [1.54, 1.807) is 9.80 Å². The molecular formula is C37H50F3N5O3. The number of terminal acetylenes is 1. The maximum atomic E-state index is 14.1. The van der Waals surface area contributed by atoms with Crippen LogP contribution < -0.4 is 10.6 Å². The number of phenols is 1. The van der Waals surface area contributed by atoms with Gasteiger partial charge in [-0.25, -0.2) is 0 Å². The summed E-state index contributed by atoms with van der Waals surface area (Å²) in [6.07, 6.45) is 10.9. The van der Waals surface area contributed by atoms with E-state index in [1.165, 1.54) is 12.5 Å². The summed E-state index contributed by atoms with van der Waals surface area (Å²) in [5.74, 6) is -0.0737. The fraction of sp³-hybridized carbons (Fsp3) is 0.486. The van der Waals surface area contributed by atoms with Crippen molar-refractivity contribution in [1.82, 2.24) is 9.80 Å². The van der Waals surface area contributed by atoms with E-state index >= 15 is 0 Å². The van der Waals surface area contributed by atoms with E-state index in [0.29, 0.717) is 49.9 Å². The zero-order chi connectivity index (χ0) is 36.2. The van der Waals surface area contributed by atoms with Crippen LogP contribution in [0.5, 0.6) is 5.75 Å². The van der Waals surface area contributed by atoms with Gasteiger partial charge in [-0.3, -0.25) is 14.6 Å². The summed E-state index contributed by atoms with van der Waals surface area (Å²) < 4.78 is 40.2. The van der Waals surface area contributed by atoms with Gasteiger partial charge in [0.05, 0.1) is 11.7 Å². The maximum Gasteiger partial charge on any atom is 0.433 e. The third kappa shape index (κ3) is 9.78. The quantitative estimate of drug-likeness (QED) is 0.125. The maximum absolute atomic E-state index is 14.1. The van der Waals surface area contributed by atoms with E-state index < -0.39 is 23.8 Å². The number of carbonyl (C=O) groups excluding carboxylic acids is 2. The van der Waals surface area contributed by atoms with E-state index in [2.05, 4.69) is 45.0 Å². The Labute approximate surface area is 283 Å². The molecule has 1 aromatic rings. The number of aromatic hydroxyl groups is 1. The van der Waals surface area contributed by atoms with Gasteiger partial charge in [-0.05, 0) is 80.2 Å². The molecule has 2 amide bonds. The Morgan fingerprint density at radius 2 is 1.81 bits per heavy atom. The minimum atomic E-state index is -4.78. The lowest BCUT2D eigenvalue weighted by atomic mass is 9.91. The molecule has 1 saturated carbocycles. The highest BCUT2D eigenvalue weighted by molar-refractivity contribution is 5.95. The number of benzene rings is 1. The van der Waals surface area contributed by atoms with Crippen LogP contribution in [0, 0.1) is 12.8 Å². The summed E-state index contributed by atoms with van der Waals surface area (Å²) in [6, 6.07) is 5.22. The second kappa shape index (κ2) is 18.2. The van der Waals surface area contributed by atoms with Crippen LogP contribution in [0.3, 0.4) is 0 Å². The number of nitrogens with two attached hydrogens (primary N) is 1. The number of allylic oxidation sites excluding steroid dienone is 2. The van der Waals surface area contributed by atoms with E-state index in [0.717, 1.165) is 29.7 Å². The van der Waals surface area contributed by atoms with Crippen molar-refractivity contribution >= 4 is 24.2 Å². The Morgan fingerprint density at radius 1 is 1.17 bits per heavy atom. The highest BCUT2D eigenvalue weighted by atomic mass is 19.4. The molecular weight excluding hydrogens is 619 g/mol. The number of nitrogens with zero attached hydrogens (tertiary/aromatic N) is 4. The number of fused-ring (bicyclic) bond motifs is 1. The molecule has 48 heavy (non-hydrogen) atoms. The summed E-state index contributed by atoms with van der Waals surface area (Å²) >= 11 is 0. The number of hydrogen-bond donors (Lipinski definition) is 2. The SMILES string of the molecule is C#C.C=CC(=O)N1CCCC2=C(N(C)c3ccc(C4CC4)cc3O)CCN(C(=O)/C(CCC)=C(N)/C=C(\N=C)C(F)(F)F)C2C1.CCC. The fourth-order valence-corrected chi connectivity index (χ4v) is 6.05. The summed E-state index contributed by atoms with van der Waals surface area (Å²) in [7, 11) is 1.88. The zero-order valence-corrected chi connectivity index (χ0v) is 28.7. The average Bonchev–Trinajstić information content (AvgIpc) is 3.93. The molecule has 0 spiro atoms. The van der Waals surface area contributed by atoms with Crippen molar-refractivity contribution in [2.75, 3.05) is 31.6 Å². The number of carbonyl (C=O) groups is 2. The summed E-state index contributed by atoms with van der Waals surface area (Å²) in [6.45, 7) is 13.6. The van der Waals surface area contributed by atoms with Gasteiger partial charge in [0.25, 0.3) is 5.91 Å². The molecule has 3 aliphatic rings. The van der Waals surface area contributed by atoms with Gasteiger partial charge in [0.2, 0.25) is 5.91 Å². The number of amides is 2. The van der Waals surface area contributed by atoms with E-state index in [9.17, 15) is 27.9 Å². The van der Waals surface area contributed by atoms with E-state index in [4.69, 9.17) is 5.73 Å². The Morgan fingerprint density at radius 3 is 2.33 bits per heavy atom. The first-order chi connectivity index (χ1) is 22.8. The van der Waals surface area contributed by atoms with Crippen molar-refractivity contribution in [2.45, 2.75) is 90.3 Å². The molecule has 1 aromatic carbocycles. The molecule has 0 aromatic heterocycles. The molecule has 262 valence electrons. The van der Waals surface area contributed by atoms with Gasteiger partial charge in [-0.15, -0.1) is 12.8 Å². The normalized spacial score (nSPS) is 18.5. The summed E-state index contributed by atoms with van der Waals surface area (Å²) in [5, 5.41) is 10.9. The van der Waals surface area contributed by atoms with Crippen LogP contribution in [0.25, 0.3) is 0 Å². The lowest BCUT2D eigenvalue weighted by molar-refractivity contribution is -0.132. The average molecular weight is 670 g/mol. The molecule has 1 atom stereocenters. The van der Waals surface area contributed by atoms with Crippen molar-refractivity contribution in [1.29, 1.82) is 0 Å². The third-order valence-electron chi connectivity index (χ3n) is 8.43. The molecule has 3 N–H and O–H groups in total. The van der Waals surface area contributed by atoms with Crippen LogP contribution in [0.15, 0.2) is 70.2 Å². The molecule has 0 radical (unpaired) electrons. The minimum Gasteiger partial charge on any atom is -0.506 e. The van der Waals surface area contributed by atoms with E-state index in [1.807, 2.05) is 37.1 Å². The predicted octanol–water partition coefficient (Wildman–Crippen LogP) is 7.19. The van der Waals surface area contributed by atoms with Crippen molar-refractivity contribution in [3.05, 3.63) is 70.7 Å². The van der Waals surface area contributed by atoms with Crippen LogP contribution in [0.1, 0.15) is 83.6 Å². The van der Waals surface area contributed by atoms with Crippen LogP contribution in [0.2, 0.25) is 0 Å². The van der Waals surface area contributed by atoms with Gasteiger partial charge in [0.1, 0.15) is 11.4 Å². The largest absolute Gasteiger partial charge is 0.506 e. The number of rotatable bonds is 9. The molecule has 4 rings (SSSR count). The summed E-state index contributed by atoms with van der Waals surface area (Å²) in [4.78, 5) is 35.1. The molecule has 0 bridgehead atoms. The Bertz CT molecular complexity index is 1440. The van der Waals surface area contributed by atoms with Crippen molar-refractivity contribution in [3.63, 3.8) is 0 Å². The highest BCUT2D eigenvalue weighted by Gasteiger charge is 2.39. The standard InChI is InChI=1S/C32H40F3N5O3.C3H8.C2H2/c1-5-8-22(24(36)18-29(37-3)32(33,34)35)31(43)40-16-14-25(23-9-7-15-39(19-27(23)40)30(42)6-2)38(4)26-13-12-21(17-28(26)41)20-10-11-20;1-3-2;1-2/h6,12-13,17-18,20,27,41H,2-3,5,7-11,14-16,19,36H2,1,4H3;3H2,1-2H3;1-2H/b24-22-,29-18-;;. The molecule has 2 heterocycles. The molecule has 1 unspecified atom stereocenters. The lowest BCUT2D eigenvalue weighted by Crippen LogP contribution is -2.52. The number of phenolic OH excluding ortho intramolecular Hbond substituents is 1. The number of aliphatic imine (C=N–C) groups is 1. The van der Waals surface area contributed by atoms with Crippen LogP contribution >= 0.6 is 0 Å². The third-order valence-corrected chi connectivity index (χ3v) is 8.43. The second-order valence-electron chi connectivity index (χ2n) is 12.0. The van der Waals surface area contributed by atoms with Gasteiger partial charge < -0.3 is 25.5 Å². The van der Waals surface area contributed by atoms with E-state index in [-0.39, 0.29) is 42.4 Å². The van der Waals surface area contributed by atoms with Crippen molar-refractivity contribution < 1.29 is 27.9 Å². The number of alkyl halides is 3. The zero-order valence-electron chi connectivity index (χ0n) is 28.7. The van der Waals surface area contributed by atoms with Crippen LogP contribution in [-0.2, 0) is 9.59 Å². The smallest absolute Gasteiger partial charge is 0.433 e. The van der Waals surface area contributed by atoms with Gasteiger partial charge in [0, 0.05) is 50.1 Å². The topological polar surface area (TPSA) is 102 Å². The predicted molar refractivity (Wildman–Crippen MR) is 187 cm³/mol.